The summed E-state index contributed by atoms with van der Waals surface area (Å²) in [6.07, 6.45) is 2.20. The lowest BCUT2D eigenvalue weighted by molar-refractivity contribution is 0.370. The monoisotopic (exact) mass is 198 g/mol. The molecule has 0 amide bonds. The Morgan fingerprint density at radius 1 is 1.62 bits per heavy atom. The molecule has 0 aromatic carbocycles. The van der Waals surface area contributed by atoms with Crippen molar-refractivity contribution in [2.75, 3.05) is 0 Å². The van der Waals surface area contributed by atoms with Gasteiger partial charge in [-0.1, -0.05) is 20.3 Å². The van der Waals surface area contributed by atoms with Gasteiger partial charge in [-0.15, -0.1) is 0 Å². The van der Waals surface area contributed by atoms with Crippen molar-refractivity contribution in [3.63, 3.8) is 0 Å². The van der Waals surface area contributed by atoms with Crippen LogP contribution in [0.1, 0.15) is 25.8 Å². The summed E-state index contributed by atoms with van der Waals surface area (Å²) in [6.45, 7) is 4.43. The fourth-order valence-corrected chi connectivity index (χ4v) is 2.05. The summed E-state index contributed by atoms with van der Waals surface area (Å²) in [5.74, 6) is 6.15. The molecule has 1 aromatic heterocycles. The van der Waals surface area contributed by atoms with Gasteiger partial charge in [0.2, 0.25) is 0 Å². The number of nitrogens with two attached hydrogens (primary N) is 1. The van der Waals surface area contributed by atoms with Gasteiger partial charge in [0.15, 0.2) is 0 Å². The van der Waals surface area contributed by atoms with Gasteiger partial charge < -0.3 is 0 Å². The lowest BCUT2D eigenvalue weighted by atomic mass is 9.95. The van der Waals surface area contributed by atoms with Crippen LogP contribution in [0.25, 0.3) is 0 Å². The van der Waals surface area contributed by atoms with Crippen LogP contribution in [0.5, 0.6) is 0 Å². The molecule has 0 saturated carbocycles. The Bertz CT molecular complexity index is 221. The molecule has 3 N–H and O–H groups in total. The van der Waals surface area contributed by atoms with Crippen LogP contribution in [0.2, 0.25) is 0 Å². The molecular weight excluding hydrogens is 180 g/mol. The zero-order chi connectivity index (χ0) is 9.68. The van der Waals surface area contributed by atoms with Crippen molar-refractivity contribution < 1.29 is 0 Å². The van der Waals surface area contributed by atoms with E-state index in [1.807, 2.05) is 0 Å². The van der Waals surface area contributed by atoms with Gasteiger partial charge in [0, 0.05) is 6.04 Å². The third-order valence-electron chi connectivity index (χ3n) is 2.58. The molecule has 1 rings (SSSR count). The van der Waals surface area contributed by atoms with Gasteiger partial charge in [-0.05, 0) is 34.7 Å². The van der Waals surface area contributed by atoms with E-state index in [1.165, 1.54) is 12.0 Å². The quantitative estimate of drug-likeness (QED) is 0.562. The third kappa shape index (κ3) is 3.10. The molecule has 0 aliphatic heterocycles. The molecular formula is C10H18N2S. The molecule has 74 valence electrons. The van der Waals surface area contributed by atoms with E-state index in [4.69, 9.17) is 5.84 Å². The minimum Gasteiger partial charge on any atom is -0.271 e. The SMILES string of the molecule is CCC(C)C(Cc1ccsc1)NN. The summed E-state index contributed by atoms with van der Waals surface area (Å²) in [5, 5.41) is 4.30. The molecule has 0 saturated heterocycles. The van der Waals surface area contributed by atoms with Crippen LogP contribution in [0, 0.1) is 5.92 Å². The highest BCUT2D eigenvalue weighted by atomic mass is 32.1. The van der Waals surface area contributed by atoms with Crippen molar-refractivity contribution in [2.45, 2.75) is 32.7 Å². The van der Waals surface area contributed by atoms with E-state index in [2.05, 4.69) is 36.1 Å². The van der Waals surface area contributed by atoms with Crippen molar-refractivity contribution >= 4 is 11.3 Å². The van der Waals surface area contributed by atoms with E-state index in [9.17, 15) is 0 Å². The maximum Gasteiger partial charge on any atom is 0.0276 e. The summed E-state index contributed by atoms with van der Waals surface area (Å²) in [7, 11) is 0. The molecule has 0 fully saturated rings. The molecule has 0 radical (unpaired) electrons. The predicted octanol–water partition coefficient (Wildman–Crippen LogP) is 2.17. The first-order valence-electron chi connectivity index (χ1n) is 4.75. The summed E-state index contributed by atoms with van der Waals surface area (Å²) >= 11 is 1.74. The Morgan fingerprint density at radius 2 is 2.38 bits per heavy atom. The average molecular weight is 198 g/mol. The lowest BCUT2D eigenvalue weighted by Gasteiger charge is -2.21. The molecule has 0 aliphatic carbocycles. The normalized spacial score (nSPS) is 15.6. The Balaban J connectivity index is 2.49. The first-order chi connectivity index (χ1) is 6.27. The molecule has 2 atom stereocenters. The number of rotatable bonds is 5. The van der Waals surface area contributed by atoms with Crippen molar-refractivity contribution in [3.05, 3.63) is 22.4 Å². The van der Waals surface area contributed by atoms with Crippen LogP contribution in [0.3, 0.4) is 0 Å². The topological polar surface area (TPSA) is 38.0 Å². The number of hydrazine groups is 1. The average Bonchev–Trinajstić information content (AvgIpc) is 2.65. The van der Waals surface area contributed by atoms with Crippen molar-refractivity contribution in [3.8, 4) is 0 Å². The van der Waals surface area contributed by atoms with Gasteiger partial charge in [-0.25, -0.2) is 0 Å². The zero-order valence-electron chi connectivity index (χ0n) is 8.29. The van der Waals surface area contributed by atoms with Crippen LogP contribution in [-0.2, 0) is 6.42 Å². The summed E-state index contributed by atoms with van der Waals surface area (Å²) < 4.78 is 0. The van der Waals surface area contributed by atoms with E-state index in [0.717, 1.165) is 6.42 Å². The van der Waals surface area contributed by atoms with Crippen LogP contribution >= 0.6 is 11.3 Å². The third-order valence-corrected chi connectivity index (χ3v) is 3.31. The van der Waals surface area contributed by atoms with E-state index < -0.39 is 0 Å². The lowest BCUT2D eigenvalue weighted by Crippen LogP contribution is -2.41. The van der Waals surface area contributed by atoms with E-state index in [0.29, 0.717) is 12.0 Å². The number of hydrogen-bond donors (Lipinski definition) is 2. The van der Waals surface area contributed by atoms with Crippen molar-refractivity contribution in [1.29, 1.82) is 0 Å². The zero-order valence-corrected chi connectivity index (χ0v) is 9.10. The fourth-order valence-electron chi connectivity index (χ4n) is 1.37. The van der Waals surface area contributed by atoms with Gasteiger partial charge in [-0.2, -0.15) is 11.3 Å². The molecule has 0 bridgehead atoms. The number of nitrogens with one attached hydrogen (secondary N) is 1. The standard InChI is InChI=1S/C10H18N2S/c1-3-8(2)10(12-11)6-9-4-5-13-7-9/h4-5,7-8,10,12H,3,6,11H2,1-2H3. The van der Waals surface area contributed by atoms with Crippen molar-refractivity contribution in [2.24, 2.45) is 11.8 Å². The van der Waals surface area contributed by atoms with E-state index in [-0.39, 0.29) is 0 Å². The molecule has 3 heteroatoms. The number of hydrogen-bond acceptors (Lipinski definition) is 3. The first-order valence-corrected chi connectivity index (χ1v) is 5.69. The summed E-state index contributed by atoms with van der Waals surface area (Å²) in [4.78, 5) is 0. The summed E-state index contributed by atoms with van der Waals surface area (Å²) in [6, 6.07) is 2.57. The Hall–Kier alpha value is -0.380. The molecule has 1 heterocycles. The van der Waals surface area contributed by atoms with Gasteiger partial charge in [0.1, 0.15) is 0 Å². The molecule has 0 spiro atoms. The smallest absolute Gasteiger partial charge is 0.0276 e. The molecule has 2 unspecified atom stereocenters. The van der Waals surface area contributed by atoms with E-state index in [1.54, 1.807) is 11.3 Å². The Labute approximate surface area is 84.1 Å². The highest BCUT2D eigenvalue weighted by Gasteiger charge is 2.14. The Morgan fingerprint density at radius 3 is 2.85 bits per heavy atom. The second-order valence-electron chi connectivity index (χ2n) is 3.49. The highest BCUT2D eigenvalue weighted by molar-refractivity contribution is 7.07. The van der Waals surface area contributed by atoms with Gasteiger partial charge >= 0.3 is 0 Å². The predicted molar refractivity (Wildman–Crippen MR) is 58.6 cm³/mol. The van der Waals surface area contributed by atoms with Gasteiger partial charge in [0.05, 0.1) is 0 Å². The molecule has 1 aromatic rings. The highest BCUT2D eigenvalue weighted by Crippen LogP contribution is 2.14. The molecule has 0 aliphatic rings. The van der Waals surface area contributed by atoms with Crippen LogP contribution in [0.15, 0.2) is 16.8 Å². The maximum absolute atomic E-state index is 5.52. The van der Waals surface area contributed by atoms with E-state index >= 15 is 0 Å². The molecule has 2 nitrogen and oxygen atoms in total. The second kappa shape index (κ2) is 5.37. The van der Waals surface area contributed by atoms with Crippen LogP contribution < -0.4 is 11.3 Å². The minimum absolute atomic E-state index is 0.402. The van der Waals surface area contributed by atoms with Crippen LogP contribution in [-0.4, -0.2) is 6.04 Å². The van der Waals surface area contributed by atoms with Gasteiger partial charge in [-0.3, -0.25) is 11.3 Å². The van der Waals surface area contributed by atoms with Crippen molar-refractivity contribution in [1.82, 2.24) is 5.43 Å². The Kier molecular flexibility index (Phi) is 4.42. The largest absolute Gasteiger partial charge is 0.271 e. The second-order valence-corrected chi connectivity index (χ2v) is 4.27. The fraction of sp³-hybridized carbons (Fsp3) is 0.600. The first kappa shape index (κ1) is 10.7. The van der Waals surface area contributed by atoms with Crippen LogP contribution in [0.4, 0.5) is 0 Å². The van der Waals surface area contributed by atoms with Gasteiger partial charge in [0.25, 0.3) is 0 Å². The number of thiophene rings is 1. The molecule has 13 heavy (non-hydrogen) atoms. The minimum atomic E-state index is 0.402. The maximum atomic E-state index is 5.52. The summed E-state index contributed by atoms with van der Waals surface area (Å²) in [5.41, 5.74) is 4.28.